The molecule has 3 heterocycles. The fourth-order valence-electron chi connectivity index (χ4n) is 2.84. The first kappa shape index (κ1) is 16.4. The molecule has 7 heteroatoms. The van der Waals surface area contributed by atoms with Crippen LogP contribution in [-0.2, 0) is 9.59 Å². The summed E-state index contributed by atoms with van der Waals surface area (Å²) in [5.74, 6) is 0.282. The number of hydrogen-bond acceptors (Lipinski definition) is 5. The molecule has 1 aromatic rings. The van der Waals surface area contributed by atoms with Crippen LogP contribution in [0.4, 0.5) is 5.88 Å². The Kier molecular flexibility index (Phi) is 4.80. The molecular formula is C17H19N3O3S. The van der Waals surface area contributed by atoms with Gasteiger partial charge in [-0.2, -0.15) is 0 Å². The van der Waals surface area contributed by atoms with Gasteiger partial charge in [-0.3, -0.25) is 19.8 Å². The third-order valence-corrected chi connectivity index (χ3v) is 4.39. The van der Waals surface area contributed by atoms with Gasteiger partial charge in [-0.05, 0) is 43.6 Å². The van der Waals surface area contributed by atoms with Gasteiger partial charge < -0.3 is 9.32 Å². The van der Waals surface area contributed by atoms with Crippen LogP contribution in [0.15, 0.2) is 34.8 Å². The average Bonchev–Trinajstić information content (AvgIpc) is 3.05. The summed E-state index contributed by atoms with van der Waals surface area (Å²) in [6.07, 6.45) is 6.55. The van der Waals surface area contributed by atoms with Gasteiger partial charge in [-0.25, -0.2) is 0 Å². The van der Waals surface area contributed by atoms with E-state index in [-0.39, 0.29) is 17.2 Å². The summed E-state index contributed by atoms with van der Waals surface area (Å²) in [7, 11) is 0. The van der Waals surface area contributed by atoms with Crippen molar-refractivity contribution >= 4 is 41.1 Å². The molecule has 0 saturated carbocycles. The van der Waals surface area contributed by atoms with Crippen molar-refractivity contribution in [2.45, 2.75) is 19.3 Å². The number of amides is 2. The summed E-state index contributed by atoms with van der Waals surface area (Å²) in [5.41, 5.74) is 0.00462. The van der Waals surface area contributed by atoms with Crippen molar-refractivity contribution in [3.63, 3.8) is 0 Å². The monoisotopic (exact) mass is 345 g/mol. The third kappa shape index (κ3) is 3.26. The minimum atomic E-state index is -0.513. The lowest BCUT2D eigenvalue weighted by molar-refractivity contribution is -0.128. The van der Waals surface area contributed by atoms with Gasteiger partial charge in [0.1, 0.15) is 11.3 Å². The third-order valence-electron chi connectivity index (χ3n) is 4.06. The number of anilines is 1. The van der Waals surface area contributed by atoms with Crippen molar-refractivity contribution in [1.29, 1.82) is 0 Å². The topological polar surface area (TPSA) is 65.8 Å². The number of nitrogens with zero attached hydrogens (tertiary/aromatic N) is 2. The number of carbonyl (C=O) groups is 2. The first-order valence-corrected chi connectivity index (χ1v) is 8.35. The van der Waals surface area contributed by atoms with E-state index < -0.39 is 11.8 Å². The zero-order valence-electron chi connectivity index (χ0n) is 13.3. The highest BCUT2D eigenvalue weighted by Gasteiger charge is 2.32. The van der Waals surface area contributed by atoms with E-state index in [0.29, 0.717) is 5.76 Å². The van der Waals surface area contributed by atoms with Crippen LogP contribution in [0.2, 0.25) is 0 Å². The van der Waals surface area contributed by atoms with Gasteiger partial charge >= 0.3 is 0 Å². The van der Waals surface area contributed by atoms with Crippen molar-refractivity contribution in [3.05, 3.63) is 36.1 Å². The Balaban J connectivity index is 1.82. The van der Waals surface area contributed by atoms with Crippen molar-refractivity contribution in [2.75, 3.05) is 24.5 Å². The number of carbonyl (C=O) groups excluding carboxylic acids is 2. The standard InChI is InChI=1S/C17H19N3O3S/c1-2-8-20-16(22)13(15(21)18-17(20)24)11-12-6-7-14(23-12)19-9-4-3-5-10-19/h2,6-7,11H,1,3-5,8-10H2,(H,18,21,24)/b13-11+. The van der Waals surface area contributed by atoms with Gasteiger partial charge in [0.05, 0.1) is 0 Å². The molecule has 126 valence electrons. The smallest absolute Gasteiger partial charge is 0.266 e. The zero-order valence-corrected chi connectivity index (χ0v) is 14.1. The lowest BCUT2D eigenvalue weighted by atomic mass is 10.1. The molecule has 1 aromatic heterocycles. The van der Waals surface area contributed by atoms with E-state index in [1.807, 2.05) is 6.07 Å². The van der Waals surface area contributed by atoms with Crippen molar-refractivity contribution in [2.24, 2.45) is 0 Å². The number of thiocarbonyl (C=S) groups is 1. The van der Waals surface area contributed by atoms with Crippen LogP contribution in [0.5, 0.6) is 0 Å². The second-order valence-electron chi connectivity index (χ2n) is 5.75. The normalized spacial score (nSPS) is 20.5. The van der Waals surface area contributed by atoms with Crippen LogP contribution in [0.3, 0.4) is 0 Å². The molecule has 24 heavy (non-hydrogen) atoms. The largest absolute Gasteiger partial charge is 0.441 e. The van der Waals surface area contributed by atoms with Crippen molar-refractivity contribution in [1.82, 2.24) is 10.2 Å². The fourth-order valence-corrected chi connectivity index (χ4v) is 3.09. The molecular weight excluding hydrogens is 326 g/mol. The molecule has 6 nitrogen and oxygen atoms in total. The Labute approximate surface area is 145 Å². The Morgan fingerprint density at radius 2 is 2.00 bits per heavy atom. The summed E-state index contributed by atoms with van der Waals surface area (Å²) < 4.78 is 5.79. The number of rotatable bonds is 4. The minimum Gasteiger partial charge on any atom is -0.441 e. The van der Waals surface area contributed by atoms with Crippen LogP contribution in [-0.4, -0.2) is 41.5 Å². The van der Waals surface area contributed by atoms with E-state index in [0.717, 1.165) is 31.8 Å². The molecule has 0 bridgehead atoms. The van der Waals surface area contributed by atoms with E-state index in [1.54, 1.807) is 12.1 Å². The Morgan fingerprint density at radius 3 is 2.71 bits per heavy atom. The van der Waals surface area contributed by atoms with Gasteiger partial charge in [0.15, 0.2) is 11.0 Å². The predicted molar refractivity (Wildman–Crippen MR) is 95.4 cm³/mol. The molecule has 1 N–H and O–H groups in total. The molecule has 0 spiro atoms. The summed E-state index contributed by atoms with van der Waals surface area (Å²) in [4.78, 5) is 28.0. The molecule has 0 atom stereocenters. The Hall–Kier alpha value is -2.41. The van der Waals surface area contributed by atoms with Gasteiger partial charge in [0.25, 0.3) is 11.8 Å². The van der Waals surface area contributed by atoms with Gasteiger partial charge in [-0.1, -0.05) is 6.08 Å². The van der Waals surface area contributed by atoms with Crippen molar-refractivity contribution in [3.8, 4) is 0 Å². The molecule has 0 aromatic carbocycles. The van der Waals surface area contributed by atoms with E-state index in [1.165, 1.54) is 17.4 Å². The van der Waals surface area contributed by atoms with E-state index in [2.05, 4.69) is 16.8 Å². The first-order chi connectivity index (χ1) is 11.6. The number of furan rings is 1. The average molecular weight is 345 g/mol. The summed E-state index contributed by atoms with van der Waals surface area (Å²) in [6.45, 7) is 5.76. The molecule has 2 amide bonds. The van der Waals surface area contributed by atoms with Crippen LogP contribution in [0.25, 0.3) is 6.08 Å². The fraction of sp³-hybridized carbons (Fsp3) is 0.353. The Bertz CT molecular complexity index is 716. The molecule has 2 saturated heterocycles. The summed E-state index contributed by atoms with van der Waals surface area (Å²) in [6, 6.07) is 3.64. The molecule has 0 unspecified atom stereocenters. The molecule has 2 fully saturated rings. The van der Waals surface area contributed by atoms with E-state index >= 15 is 0 Å². The van der Waals surface area contributed by atoms with E-state index in [9.17, 15) is 9.59 Å². The van der Waals surface area contributed by atoms with Crippen molar-refractivity contribution < 1.29 is 14.0 Å². The van der Waals surface area contributed by atoms with Crippen LogP contribution >= 0.6 is 12.2 Å². The molecule has 2 aliphatic heterocycles. The van der Waals surface area contributed by atoms with Gasteiger partial charge in [0, 0.05) is 25.7 Å². The number of piperidine rings is 1. The number of hydrogen-bond donors (Lipinski definition) is 1. The maximum atomic E-state index is 12.5. The second kappa shape index (κ2) is 7.00. The predicted octanol–water partition coefficient (Wildman–Crippen LogP) is 2.08. The maximum Gasteiger partial charge on any atom is 0.266 e. The molecule has 0 aliphatic carbocycles. The zero-order chi connectivity index (χ0) is 17.1. The molecule has 3 rings (SSSR count). The maximum absolute atomic E-state index is 12.5. The quantitative estimate of drug-likeness (QED) is 0.392. The first-order valence-electron chi connectivity index (χ1n) is 7.94. The molecule has 2 aliphatic rings. The second-order valence-corrected chi connectivity index (χ2v) is 6.13. The van der Waals surface area contributed by atoms with Crippen LogP contribution < -0.4 is 10.2 Å². The SMILES string of the molecule is C=CCN1C(=O)/C(=C/c2ccc(N3CCCCC3)o2)C(=O)NC1=S. The van der Waals surface area contributed by atoms with Crippen LogP contribution in [0, 0.1) is 0 Å². The lowest BCUT2D eigenvalue weighted by Crippen LogP contribution is -2.53. The highest BCUT2D eigenvalue weighted by atomic mass is 32.1. The highest BCUT2D eigenvalue weighted by Crippen LogP contribution is 2.24. The summed E-state index contributed by atoms with van der Waals surface area (Å²) >= 11 is 5.02. The summed E-state index contributed by atoms with van der Waals surface area (Å²) in [5, 5.41) is 2.61. The lowest BCUT2D eigenvalue weighted by Gasteiger charge is -2.27. The highest BCUT2D eigenvalue weighted by molar-refractivity contribution is 7.80. The molecule has 0 radical (unpaired) electrons. The van der Waals surface area contributed by atoms with E-state index in [4.69, 9.17) is 16.6 Å². The Morgan fingerprint density at radius 1 is 1.25 bits per heavy atom. The van der Waals surface area contributed by atoms with Crippen LogP contribution in [0.1, 0.15) is 25.0 Å². The van der Waals surface area contributed by atoms with Gasteiger partial charge in [0.2, 0.25) is 0 Å². The van der Waals surface area contributed by atoms with Gasteiger partial charge in [-0.15, -0.1) is 6.58 Å². The minimum absolute atomic E-state index is 0.00462. The number of nitrogens with one attached hydrogen (secondary N) is 1.